The van der Waals surface area contributed by atoms with E-state index in [-0.39, 0.29) is 5.91 Å². The van der Waals surface area contributed by atoms with Crippen LogP contribution in [0.3, 0.4) is 0 Å². The summed E-state index contributed by atoms with van der Waals surface area (Å²) in [5, 5.41) is 3.02. The van der Waals surface area contributed by atoms with Gasteiger partial charge in [-0.05, 0) is 69.0 Å². The maximum atomic E-state index is 12.5. The molecule has 1 heterocycles. The van der Waals surface area contributed by atoms with Crippen molar-refractivity contribution in [1.82, 2.24) is 9.80 Å². The van der Waals surface area contributed by atoms with E-state index in [4.69, 9.17) is 0 Å². The molecule has 2 aromatic rings. The van der Waals surface area contributed by atoms with E-state index in [1.54, 1.807) is 0 Å². The summed E-state index contributed by atoms with van der Waals surface area (Å²) >= 11 is 7.06. The Bertz CT molecular complexity index is 794. The molecular weight excluding hydrogens is 470 g/mol. The first-order valence-corrected chi connectivity index (χ1v) is 10.7. The standard InChI is InChI=1S/C21H25Br2N3O/c1-15-4-3-5-17(10-15)13-25-6-8-26(9-7-25)14-20(27)24-21-18(22)11-16(2)12-19(21)23/h3-5,10-12H,6-9,13-14H2,1-2H3,(H,24,27). The minimum atomic E-state index is 0.0207. The Kier molecular flexibility index (Phi) is 7.09. The summed E-state index contributed by atoms with van der Waals surface area (Å²) in [6.07, 6.45) is 0. The molecule has 1 aliphatic heterocycles. The van der Waals surface area contributed by atoms with E-state index >= 15 is 0 Å². The Morgan fingerprint density at radius 1 is 0.963 bits per heavy atom. The van der Waals surface area contributed by atoms with E-state index in [0.717, 1.165) is 52.9 Å². The van der Waals surface area contributed by atoms with Crippen molar-refractivity contribution in [3.63, 3.8) is 0 Å². The van der Waals surface area contributed by atoms with Crippen LogP contribution in [-0.2, 0) is 11.3 Å². The topological polar surface area (TPSA) is 35.6 Å². The van der Waals surface area contributed by atoms with Gasteiger partial charge in [0.05, 0.1) is 12.2 Å². The van der Waals surface area contributed by atoms with Gasteiger partial charge in [-0.3, -0.25) is 14.6 Å². The van der Waals surface area contributed by atoms with Crippen molar-refractivity contribution in [3.8, 4) is 0 Å². The third kappa shape index (κ3) is 5.88. The molecule has 0 unspecified atom stereocenters. The van der Waals surface area contributed by atoms with E-state index in [1.165, 1.54) is 11.1 Å². The van der Waals surface area contributed by atoms with Crippen molar-refractivity contribution in [3.05, 3.63) is 62.0 Å². The summed E-state index contributed by atoms with van der Waals surface area (Å²) in [5.41, 5.74) is 4.59. The van der Waals surface area contributed by atoms with Crippen LogP contribution in [0.1, 0.15) is 16.7 Å². The van der Waals surface area contributed by atoms with Crippen LogP contribution in [0.15, 0.2) is 45.3 Å². The van der Waals surface area contributed by atoms with Crippen molar-refractivity contribution in [1.29, 1.82) is 0 Å². The largest absolute Gasteiger partial charge is 0.323 e. The van der Waals surface area contributed by atoms with Crippen LogP contribution >= 0.6 is 31.9 Å². The predicted octanol–water partition coefficient (Wildman–Crippen LogP) is 4.58. The second-order valence-corrected chi connectivity index (χ2v) is 8.90. The van der Waals surface area contributed by atoms with Crippen LogP contribution in [0, 0.1) is 13.8 Å². The fourth-order valence-corrected chi connectivity index (χ4v) is 4.99. The van der Waals surface area contributed by atoms with Gasteiger partial charge in [0.1, 0.15) is 0 Å². The van der Waals surface area contributed by atoms with Crippen molar-refractivity contribution in [2.45, 2.75) is 20.4 Å². The smallest absolute Gasteiger partial charge is 0.238 e. The molecule has 1 fully saturated rings. The SMILES string of the molecule is Cc1cccc(CN2CCN(CC(=O)Nc3c(Br)cc(C)cc3Br)CC2)c1. The molecule has 0 bridgehead atoms. The average molecular weight is 495 g/mol. The number of anilines is 1. The molecule has 0 spiro atoms. The molecule has 3 rings (SSSR count). The quantitative estimate of drug-likeness (QED) is 0.660. The summed E-state index contributed by atoms with van der Waals surface area (Å²) in [6.45, 7) is 9.35. The van der Waals surface area contributed by atoms with Gasteiger partial charge >= 0.3 is 0 Å². The number of nitrogens with zero attached hydrogens (tertiary/aromatic N) is 2. The van der Waals surface area contributed by atoms with Gasteiger partial charge in [0.2, 0.25) is 5.91 Å². The summed E-state index contributed by atoms with van der Waals surface area (Å²) in [5.74, 6) is 0.0207. The zero-order valence-corrected chi connectivity index (χ0v) is 18.9. The lowest BCUT2D eigenvalue weighted by molar-refractivity contribution is -0.117. The number of piperazine rings is 1. The number of nitrogens with one attached hydrogen (secondary N) is 1. The number of carbonyl (C=O) groups is 1. The highest BCUT2D eigenvalue weighted by molar-refractivity contribution is 9.11. The van der Waals surface area contributed by atoms with Gasteiger partial charge in [0, 0.05) is 41.7 Å². The maximum absolute atomic E-state index is 12.5. The summed E-state index contributed by atoms with van der Waals surface area (Å²) < 4.78 is 1.79. The molecule has 27 heavy (non-hydrogen) atoms. The molecule has 1 N–H and O–H groups in total. The number of halogens is 2. The number of hydrogen-bond donors (Lipinski definition) is 1. The first-order valence-electron chi connectivity index (χ1n) is 9.16. The zero-order valence-electron chi connectivity index (χ0n) is 15.8. The second-order valence-electron chi connectivity index (χ2n) is 7.19. The van der Waals surface area contributed by atoms with Crippen molar-refractivity contribution in [2.75, 3.05) is 38.0 Å². The Morgan fingerprint density at radius 3 is 2.22 bits per heavy atom. The van der Waals surface area contributed by atoms with Crippen LogP contribution in [0.2, 0.25) is 0 Å². The third-order valence-electron chi connectivity index (χ3n) is 4.77. The lowest BCUT2D eigenvalue weighted by Gasteiger charge is -2.34. The molecule has 0 aromatic heterocycles. The van der Waals surface area contributed by atoms with Gasteiger partial charge in [0.15, 0.2) is 0 Å². The molecule has 6 heteroatoms. The number of rotatable bonds is 5. The minimum Gasteiger partial charge on any atom is -0.323 e. The average Bonchev–Trinajstić information content (AvgIpc) is 2.60. The highest BCUT2D eigenvalue weighted by Gasteiger charge is 2.20. The zero-order chi connectivity index (χ0) is 19.4. The molecule has 1 aliphatic rings. The molecular formula is C21H25Br2N3O. The van der Waals surface area contributed by atoms with Crippen LogP contribution in [0.25, 0.3) is 0 Å². The lowest BCUT2D eigenvalue weighted by Crippen LogP contribution is -2.48. The normalized spacial score (nSPS) is 15.7. The highest BCUT2D eigenvalue weighted by Crippen LogP contribution is 2.32. The molecule has 2 aromatic carbocycles. The van der Waals surface area contributed by atoms with Crippen molar-refractivity contribution in [2.24, 2.45) is 0 Å². The Hall–Kier alpha value is -1.21. The Morgan fingerprint density at radius 2 is 1.59 bits per heavy atom. The minimum absolute atomic E-state index is 0.0207. The molecule has 1 amide bonds. The molecule has 0 saturated carbocycles. The van der Waals surface area contributed by atoms with E-state index in [1.807, 2.05) is 19.1 Å². The van der Waals surface area contributed by atoms with Gasteiger partial charge in [-0.15, -0.1) is 0 Å². The number of benzene rings is 2. The summed E-state index contributed by atoms with van der Waals surface area (Å²) in [6, 6.07) is 12.7. The first-order chi connectivity index (χ1) is 12.9. The van der Waals surface area contributed by atoms with Gasteiger partial charge in [0.25, 0.3) is 0 Å². The molecule has 0 aliphatic carbocycles. The van der Waals surface area contributed by atoms with E-state index in [0.29, 0.717) is 6.54 Å². The van der Waals surface area contributed by atoms with Crippen LogP contribution in [0.4, 0.5) is 5.69 Å². The highest BCUT2D eigenvalue weighted by atomic mass is 79.9. The summed E-state index contributed by atoms with van der Waals surface area (Å²) in [7, 11) is 0. The lowest BCUT2D eigenvalue weighted by atomic mass is 10.1. The fourth-order valence-electron chi connectivity index (χ4n) is 3.38. The van der Waals surface area contributed by atoms with Gasteiger partial charge in [-0.1, -0.05) is 29.8 Å². The second kappa shape index (κ2) is 9.32. The van der Waals surface area contributed by atoms with E-state index in [9.17, 15) is 4.79 Å². The van der Waals surface area contributed by atoms with Crippen LogP contribution < -0.4 is 5.32 Å². The molecule has 144 valence electrons. The summed E-state index contributed by atoms with van der Waals surface area (Å²) in [4.78, 5) is 17.1. The molecule has 1 saturated heterocycles. The van der Waals surface area contributed by atoms with Crippen LogP contribution in [-0.4, -0.2) is 48.4 Å². The maximum Gasteiger partial charge on any atom is 0.238 e. The van der Waals surface area contributed by atoms with Crippen molar-refractivity contribution >= 4 is 43.5 Å². The fraction of sp³-hybridized carbons (Fsp3) is 0.381. The number of carbonyl (C=O) groups excluding carboxylic acids is 1. The third-order valence-corrected chi connectivity index (χ3v) is 6.02. The van der Waals surface area contributed by atoms with E-state index in [2.05, 4.69) is 78.2 Å². The Balaban J connectivity index is 1.48. The molecule has 0 atom stereocenters. The first kappa shape index (κ1) is 20.5. The molecule has 4 nitrogen and oxygen atoms in total. The monoisotopic (exact) mass is 493 g/mol. The Labute approximate surface area is 178 Å². The van der Waals surface area contributed by atoms with Crippen molar-refractivity contribution < 1.29 is 4.79 Å². The molecule has 0 radical (unpaired) electrons. The number of amides is 1. The van der Waals surface area contributed by atoms with Crippen LogP contribution in [0.5, 0.6) is 0 Å². The van der Waals surface area contributed by atoms with Gasteiger partial charge in [-0.2, -0.15) is 0 Å². The predicted molar refractivity (Wildman–Crippen MR) is 118 cm³/mol. The van der Waals surface area contributed by atoms with E-state index < -0.39 is 0 Å². The number of hydrogen-bond acceptors (Lipinski definition) is 3. The van der Waals surface area contributed by atoms with Gasteiger partial charge in [-0.25, -0.2) is 0 Å². The number of aryl methyl sites for hydroxylation is 2. The van der Waals surface area contributed by atoms with Gasteiger partial charge < -0.3 is 5.32 Å².